The number of aliphatic imine (C=N–C) groups is 6. The predicted molar refractivity (Wildman–Crippen MR) is 356 cm³/mol. The van der Waals surface area contributed by atoms with Gasteiger partial charge in [0.15, 0.2) is 11.9 Å². The van der Waals surface area contributed by atoms with Gasteiger partial charge >= 0.3 is 18.4 Å². The van der Waals surface area contributed by atoms with Crippen molar-refractivity contribution >= 4 is 85.7 Å². The number of amidine groups is 1. The number of methoxy groups -OCH3 is 1. The molecule has 0 saturated carbocycles. The summed E-state index contributed by atoms with van der Waals surface area (Å²) in [5.41, 5.74) is 1.33. The van der Waals surface area contributed by atoms with Crippen LogP contribution in [-0.2, 0) is 18.9 Å². The molecule has 0 aliphatic carbocycles. The van der Waals surface area contributed by atoms with Crippen molar-refractivity contribution in [2.75, 3.05) is 197 Å². The largest absolute Gasteiger partial charge is 0.481 e. The maximum absolute atomic E-state index is 11.8. The maximum atomic E-state index is 11.8. The van der Waals surface area contributed by atoms with Crippen LogP contribution in [0.15, 0.2) is 30.0 Å². The highest BCUT2D eigenvalue weighted by molar-refractivity contribution is 8.15. The van der Waals surface area contributed by atoms with Gasteiger partial charge in [-0.05, 0) is 160 Å². The Balaban J connectivity index is 0.000000471. The molecular weight excluding hydrogens is 1200 g/mol. The minimum Gasteiger partial charge on any atom is -0.481 e. The number of thioether (sulfide) groups is 4. The molecule has 12 aliphatic heterocycles. The third-order valence-electron chi connectivity index (χ3n) is 13.6. The van der Waals surface area contributed by atoms with Gasteiger partial charge in [0, 0.05) is 108 Å². The van der Waals surface area contributed by atoms with Crippen LogP contribution in [0.5, 0.6) is 0 Å². The van der Waals surface area contributed by atoms with E-state index in [0.29, 0.717) is 22.7 Å². The summed E-state index contributed by atoms with van der Waals surface area (Å²) in [6.45, 7) is 30.0. The number of hydrogen-bond acceptors (Lipinski definition) is 21. The number of ether oxygens (including phenoxy) is 4. The Bertz CT molecular complexity index is 1870. The molecule has 6 saturated heterocycles. The molecule has 0 aromatic rings. The van der Waals surface area contributed by atoms with Crippen molar-refractivity contribution in [3.63, 3.8) is 0 Å². The van der Waals surface area contributed by atoms with Gasteiger partial charge in [-0.2, -0.15) is 26.3 Å². The summed E-state index contributed by atoms with van der Waals surface area (Å²) < 4.78 is 90.6. The van der Waals surface area contributed by atoms with Crippen molar-refractivity contribution in [1.82, 2.24) is 34.7 Å². The number of nitrogens with one attached hydrogen (secondary N) is 1. The summed E-state index contributed by atoms with van der Waals surface area (Å²) in [6, 6.07) is -0.771. The number of carbonyl (C=O) groups excluding carboxylic acids is 1. The Labute approximate surface area is 530 Å². The fourth-order valence-corrected chi connectivity index (χ4v) is 11.5. The number of likely N-dealkylation sites (tertiary alicyclic amines) is 3. The highest BCUT2D eigenvalue weighted by atomic mass is 32.2. The second kappa shape index (κ2) is 49.3. The topological polar surface area (TPSA) is 160 Å². The number of rotatable bonds is 2. The molecule has 502 valence electrons. The molecular formula is C58H109F6N13O5S4. The third kappa shape index (κ3) is 44.9. The Hall–Kier alpha value is -2.41. The molecule has 6 fully saturated rings. The lowest BCUT2D eigenvalue weighted by Gasteiger charge is -2.24. The molecule has 12 heterocycles. The van der Waals surface area contributed by atoms with E-state index in [1.807, 2.05) is 44.4 Å². The van der Waals surface area contributed by atoms with Crippen LogP contribution in [-0.4, -0.2) is 295 Å². The van der Waals surface area contributed by atoms with E-state index in [1.165, 1.54) is 125 Å². The lowest BCUT2D eigenvalue weighted by molar-refractivity contribution is -0.141. The van der Waals surface area contributed by atoms with Gasteiger partial charge in [-0.3, -0.25) is 39.8 Å². The smallest absolute Gasteiger partial charge is 0.411 e. The summed E-state index contributed by atoms with van der Waals surface area (Å²) in [4.78, 5) is 46.9. The minimum atomic E-state index is -4.15. The zero-order valence-electron chi connectivity index (χ0n) is 54.4. The molecule has 0 aromatic carbocycles. The summed E-state index contributed by atoms with van der Waals surface area (Å²) >= 11 is 5.84. The summed E-state index contributed by atoms with van der Waals surface area (Å²) in [5, 5.41) is 4.15. The fourth-order valence-electron chi connectivity index (χ4n) is 8.01. The van der Waals surface area contributed by atoms with Gasteiger partial charge in [0.1, 0.15) is 11.9 Å². The first-order valence-corrected chi connectivity index (χ1v) is 34.3. The molecule has 12 aliphatic rings. The maximum Gasteiger partial charge on any atom is 0.411 e. The Morgan fingerprint density at radius 3 is 1.51 bits per heavy atom. The van der Waals surface area contributed by atoms with E-state index < -0.39 is 23.6 Å². The highest BCUT2D eigenvalue weighted by Gasteiger charge is 2.43. The van der Waals surface area contributed by atoms with Gasteiger partial charge in [0.2, 0.25) is 0 Å². The number of nitrogens with zero attached hydrogens (tertiary/aromatic N) is 12. The predicted octanol–water partition coefficient (Wildman–Crippen LogP) is 10.5. The molecule has 28 heteroatoms. The molecule has 0 spiro atoms. The molecule has 12 rings (SSSR count). The monoisotopic (exact) mass is 1310 g/mol. The van der Waals surface area contributed by atoms with Gasteiger partial charge in [-0.25, -0.2) is 4.79 Å². The Kier molecular flexibility index (Phi) is 46.8. The number of amides is 1. The van der Waals surface area contributed by atoms with E-state index in [9.17, 15) is 31.1 Å². The number of alkyl halides is 6. The number of hydrogen-bond donors (Lipinski definition) is 1. The fraction of sp³-hybridized carbons (Fsp3) is 0.879. The van der Waals surface area contributed by atoms with Crippen molar-refractivity contribution in [3.8, 4) is 0 Å². The Morgan fingerprint density at radius 1 is 0.616 bits per heavy atom. The van der Waals surface area contributed by atoms with Crippen LogP contribution >= 0.6 is 47.0 Å². The van der Waals surface area contributed by atoms with E-state index >= 15 is 0 Å². The van der Waals surface area contributed by atoms with Gasteiger partial charge in [-0.15, -0.1) is 35.3 Å². The van der Waals surface area contributed by atoms with E-state index in [0.717, 1.165) is 114 Å². The van der Waals surface area contributed by atoms with Crippen molar-refractivity contribution in [2.45, 2.75) is 135 Å². The average Bonchev–Trinajstić information content (AvgIpc) is 4.49. The number of cyclic esters (lactones) is 1. The molecule has 0 radical (unpaired) electrons. The van der Waals surface area contributed by atoms with Crippen molar-refractivity contribution in [2.24, 2.45) is 30.0 Å². The summed E-state index contributed by atoms with van der Waals surface area (Å²) in [7, 11) is 14.2. The summed E-state index contributed by atoms with van der Waals surface area (Å²) in [6.07, 6.45) is 4.50. The lowest BCUT2D eigenvalue weighted by atomic mass is 10.2. The number of carbonyl (C=O) groups is 1. The van der Waals surface area contributed by atoms with Gasteiger partial charge < -0.3 is 43.9 Å². The van der Waals surface area contributed by atoms with Gasteiger partial charge in [-0.1, -0.05) is 11.8 Å². The lowest BCUT2D eigenvalue weighted by Crippen LogP contribution is -2.32. The van der Waals surface area contributed by atoms with Gasteiger partial charge in [0.05, 0.1) is 60.6 Å². The molecule has 1 amide bonds. The van der Waals surface area contributed by atoms with Crippen LogP contribution in [0.25, 0.3) is 0 Å². The van der Waals surface area contributed by atoms with Crippen molar-refractivity contribution in [3.05, 3.63) is 0 Å². The molecule has 0 aromatic heterocycles. The minimum absolute atomic E-state index is 0.0509. The van der Waals surface area contributed by atoms with Gasteiger partial charge in [0.25, 0.3) is 0 Å². The van der Waals surface area contributed by atoms with Crippen LogP contribution in [0.1, 0.15) is 106 Å². The van der Waals surface area contributed by atoms with E-state index in [4.69, 9.17) is 14.2 Å². The van der Waals surface area contributed by atoms with Crippen molar-refractivity contribution < 1.29 is 50.1 Å². The zero-order chi connectivity index (χ0) is 64.2. The normalized spacial score (nSPS) is 24.3. The molecule has 3 atom stereocenters. The number of likely N-dealkylation sites (N-methyl/N-ethyl adjacent to an activating group) is 3. The second-order valence-electron chi connectivity index (χ2n) is 21.9. The number of halogens is 6. The van der Waals surface area contributed by atoms with Crippen molar-refractivity contribution in [1.29, 1.82) is 0 Å². The standard InChI is InChI=1S/C7H15NO.2C5H6F3NS.C5H10N2.C5H9NO.C5H9NS.C5H11N.C5H9N.C4H7NO2.C4H9NO.C4H9NS.C4H9N/c1-8-5-3-4-7(8)6-9-2;1-3-9-4(2-10-3)5(6,7)8;1-3-9-2-4(10-3)5(6,7)8;3*1-5-6-3-2-4-7-5;1-6-4-2-3-5-6;1-5-3-2-4-6-5;1-5-2-3-7-4(5)6;2*1-5-2-3-6-4-5;1-5-3-2-4-5/h7H,3-6H2,1-2H3;2*4H,2H2,1H3;2-4H2,1H3,(H,6,7);2*2-4H2,1H3;2-5H2,1H3;2-4H2,1H3;2-3H2,1H3;2*2-4H2,1H3;2-4H2,1H3. The molecule has 3 unspecified atom stereocenters. The van der Waals surface area contributed by atoms with Crippen LogP contribution in [0.2, 0.25) is 0 Å². The first-order chi connectivity index (χ1) is 40.8. The first kappa shape index (κ1) is 81.6. The van der Waals surface area contributed by atoms with E-state index in [2.05, 4.69) is 107 Å². The SMILES string of the molecule is CC1=NC(C(F)(F)F)CS1.CC1=NCC(C(F)(F)F)S1.CC1=NCCC1.CC1=NCCCN1.CC1=NCCCO1.CC1=NCCCS1.CN1CCC1.CN1CCCC1.CN1CCOC1.CN1CCOC1=O.CN1CCSC1.COCC1CCCN1C. The second-order valence-corrected chi connectivity index (χ2v) is 26.8. The first-order valence-electron chi connectivity index (χ1n) is 30.3. The quantitative estimate of drug-likeness (QED) is 0.260. The van der Waals surface area contributed by atoms with E-state index in [1.54, 1.807) is 32.9 Å². The third-order valence-corrected chi connectivity index (χ3v) is 17.9. The average molecular weight is 1310 g/mol. The Morgan fingerprint density at radius 2 is 1.29 bits per heavy atom. The van der Waals surface area contributed by atoms with Crippen LogP contribution in [0.3, 0.4) is 0 Å². The molecule has 0 bridgehead atoms. The van der Waals surface area contributed by atoms with Crippen LogP contribution in [0.4, 0.5) is 31.1 Å². The molecule has 1 N–H and O–H groups in total. The van der Waals surface area contributed by atoms with Crippen LogP contribution < -0.4 is 5.32 Å². The zero-order valence-corrected chi connectivity index (χ0v) is 57.6. The highest BCUT2D eigenvalue weighted by Crippen LogP contribution is 2.35. The molecule has 86 heavy (non-hydrogen) atoms. The summed E-state index contributed by atoms with van der Waals surface area (Å²) in [5.74, 6) is 5.82. The molecule has 18 nitrogen and oxygen atoms in total. The van der Waals surface area contributed by atoms with E-state index in [-0.39, 0.29) is 18.4 Å². The van der Waals surface area contributed by atoms with Crippen LogP contribution in [0, 0.1) is 0 Å².